The Morgan fingerprint density at radius 2 is 1.64 bits per heavy atom. The predicted molar refractivity (Wildman–Crippen MR) is 86.3 cm³/mol. The summed E-state index contributed by atoms with van der Waals surface area (Å²) < 4.78 is 10.3. The van der Waals surface area contributed by atoms with E-state index in [1.54, 1.807) is 0 Å². The van der Waals surface area contributed by atoms with Crippen molar-refractivity contribution in [3.05, 3.63) is 0 Å². The van der Waals surface area contributed by atoms with Crippen LogP contribution in [0, 0.1) is 23.2 Å². The van der Waals surface area contributed by atoms with Gasteiger partial charge in [-0.15, -0.1) is 0 Å². The number of hydrogen-bond acceptors (Lipinski definition) is 4. The van der Waals surface area contributed by atoms with Crippen molar-refractivity contribution < 1.29 is 19.1 Å². The SMILES string of the molecule is COC(=O)C1CCCCC1C(=O)OCCC(C)CC(C)(C)C. The van der Waals surface area contributed by atoms with Crippen LogP contribution in [0.5, 0.6) is 0 Å². The third-order valence-electron chi connectivity index (χ3n) is 4.39. The first kappa shape index (κ1) is 19.0. The molecule has 0 aromatic heterocycles. The van der Waals surface area contributed by atoms with E-state index >= 15 is 0 Å². The van der Waals surface area contributed by atoms with Gasteiger partial charge < -0.3 is 9.47 Å². The van der Waals surface area contributed by atoms with Crippen LogP contribution in [0.4, 0.5) is 0 Å². The number of esters is 2. The fraction of sp³-hybridized carbons (Fsp3) is 0.889. The largest absolute Gasteiger partial charge is 0.469 e. The molecule has 0 aliphatic heterocycles. The molecular weight excluding hydrogens is 280 g/mol. The average molecular weight is 312 g/mol. The van der Waals surface area contributed by atoms with E-state index in [0.29, 0.717) is 17.9 Å². The number of rotatable bonds is 6. The number of methoxy groups -OCH3 is 1. The molecule has 0 aromatic rings. The topological polar surface area (TPSA) is 52.6 Å². The van der Waals surface area contributed by atoms with Crippen LogP contribution in [0.2, 0.25) is 0 Å². The van der Waals surface area contributed by atoms with Gasteiger partial charge in [0.15, 0.2) is 0 Å². The van der Waals surface area contributed by atoms with Crippen molar-refractivity contribution in [2.45, 2.75) is 66.2 Å². The van der Waals surface area contributed by atoms with E-state index in [4.69, 9.17) is 9.47 Å². The Morgan fingerprint density at radius 3 is 2.14 bits per heavy atom. The molecular formula is C18H32O4. The van der Waals surface area contributed by atoms with E-state index < -0.39 is 0 Å². The van der Waals surface area contributed by atoms with Crippen molar-refractivity contribution in [2.24, 2.45) is 23.2 Å². The molecule has 1 rings (SSSR count). The van der Waals surface area contributed by atoms with Crippen molar-refractivity contribution in [3.8, 4) is 0 Å². The molecule has 3 atom stereocenters. The molecule has 4 nitrogen and oxygen atoms in total. The molecule has 128 valence electrons. The molecule has 0 radical (unpaired) electrons. The Labute approximate surface area is 134 Å². The van der Waals surface area contributed by atoms with Gasteiger partial charge in [-0.3, -0.25) is 9.59 Å². The second-order valence-electron chi connectivity index (χ2n) is 7.85. The normalized spacial score (nSPS) is 23.7. The average Bonchev–Trinajstić information content (AvgIpc) is 2.44. The maximum Gasteiger partial charge on any atom is 0.309 e. The zero-order valence-corrected chi connectivity index (χ0v) is 14.8. The van der Waals surface area contributed by atoms with E-state index in [-0.39, 0.29) is 23.8 Å². The molecule has 1 fully saturated rings. The van der Waals surface area contributed by atoms with Crippen LogP contribution in [-0.4, -0.2) is 25.7 Å². The van der Waals surface area contributed by atoms with Crippen LogP contribution in [-0.2, 0) is 19.1 Å². The van der Waals surface area contributed by atoms with Gasteiger partial charge in [0.2, 0.25) is 0 Å². The summed E-state index contributed by atoms with van der Waals surface area (Å²) in [6.07, 6.45) is 5.40. The summed E-state index contributed by atoms with van der Waals surface area (Å²) in [4.78, 5) is 24.1. The predicted octanol–water partition coefficient (Wildman–Crippen LogP) is 3.97. The first-order valence-corrected chi connectivity index (χ1v) is 8.49. The van der Waals surface area contributed by atoms with Crippen LogP contribution in [0.1, 0.15) is 66.2 Å². The highest BCUT2D eigenvalue weighted by molar-refractivity contribution is 5.82. The summed E-state index contributed by atoms with van der Waals surface area (Å²) in [6.45, 7) is 9.30. The van der Waals surface area contributed by atoms with E-state index in [1.807, 2.05) is 0 Å². The van der Waals surface area contributed by atoms with Crippen LogP contribution >= 0.6 is 0 Å². The Balaban J connectivity index is 2.41. The molecule has 22 heavy (non-hydrogen) atoms. The van der Waals surface area contributed by atoms with Crippen LogP contribution in [0.3, 0.4) is 0 Å². The van der Waals surface area contributed by atoms with Gasteiger partial charge in [-0.2, -0.15) is 0 Å². The Bertz CT molecular complexity index is 370. The van der Waals surface area contributed by atoms with Crippen LogP contribution in [0.15, 0.2) is 0 Å². The molecule has 0 bridgehead atoms. The van der Waals surface area contributed by atoms with Gasteiger partial charge in [0.25, 0.3) is 0 Å². The number of hydrogen-bond donors (Lipinski definition) is 0. The molecule has 0 saturated heterocycles. The van der Waals surface area contributed by atoms with Gasteiger partial charge in [0.05, 0.1) is 25.6 Å². The van der Waals surface area contributed by atoms with Crippen LogP contribution in [0.25, 0.3) is 0 Å². The molecule has 0 aromatic carbocycles. The minimum atomic E-state index is -0.321. The quantitative estimate of drug-likeness (QED) is 0.696. The molecule has 0 N–H and O–H groups in total. The molecule has 4 heteroatoms. The molecule has 3 unspecified atom stereocenters. The summed E-state index contributed by atoms with van der Waals surface area (Å²) in [7, 11) is 1.38. The highest BCUT2D eigenvalue weighted by atomic mass is 16.5. The second kappa shape index (κ2) is 8.54. The number of carbonyl (C=O) groups is 2. The molecule has 1 aliphatic rings. The highest BCUT2D eigenvalue weighted by Gasteiger charge is 2.37. The van der Waals surface area contributed by atoms with Gasteiger partial charge in [-0.1, -0.05) is 40.5 Å². The van der Waals surface area contributed by atoms with E-state index in [9.17, 15) is 9.59 Å². The highest BCUT2D eigenvalue weighted by Crippen LogP contribution is 2.32. The van der Waals surface area contributed by atoms with E-state index in [2.05, 4.69) is 27.7 Å². The third-order valence-corrected chi connectivity index (χ3v) is 4.39. The lowest BCUT2D eigenvalue weighted by molar-refractivity contribution is -0.161. The van der Waals surface area contributed by atoms with Gasteiger partial charge >= 0.3 is 11.9 Å². The molecule has 1 saturated carbocycles. The summed E-state index contributed by atoms with van der Waals surface area (Å²) >= 11 is 0. The minimum Gasteiger partial charge on any atom is -0.469 e. The summed E-state index contributed by atoms with van der Waals surface area (Å²) in [5.74, 6) is -0.617. The molecule has 0 spiro atoms. The standard InChI is InChI=1S/C18H32O4/c1-13(12-18(2,3)4)10-11-22-17(20)15-9-7-6-8-14(15)16(19)21-5/h13-15H,6-12H2,1-5H3. The summed E-state index contributed by atoms with van der Waals surface area (Å²) in [5, 5.41) is 0. The maximum absolute atomic E-state index is 12.3. The van der Waals surface area contributed by atoms with E-state index in [1.165, 1.54) is 7.11 Å². The first-order chi connectivity index (χ1) is 10.2. The van der Waals surface area contributed by atoms with Crippen molar-refractivity contribution in [1.29, 1.82) is 0 Å². The van der Waals surface area contributed by atoms with Crippen molar-refractivity contribution in [3.63, 3.8) is 0 Å². The van der Waals surface area contributed by atoms with Crippen LogP contribution < -0.4 is 0 Å². The summed E-state index contributed by atoms with van der Waals surface area (Å²) in [6, 6.07) is 0. The van der Waals surface area contributed by atoms with Gasteiger partial charge in [-0.05, 0) is 37.0 Å². The first-order valence-electron chi connectivity index (χ1n) is 8.49. The second-order valence-corrected chi connectivity index (χ2v) is 7.85. The fourth-order valence-corrected chi connectivity index (χ4v) is 3.46. The van der Waals surface area contributed by atoms with Gasteiger partial charge in [-0.25, -0.2) is 0 Å². The number of carbonyl (C=O) groups excluding carboxylic acids is 2. The Kier molecular flexibility index (Phi) is 7.37. The lowest BCUT2D eigenvalue weighted by atomic mass is 9.79. The van der Waals surface area contributed by atoms with Crippen molar-refractivity contribution in [2.75, 3.05) is 13.7 Å². The zero-order valence-electron chi connectivity index (χ0n) is 14.8. The molecule has 1 aliphatic carbocycles. The van der Waals surface area contributed by atoms with Crippen molar-refractivity contribution >= 4 is 11.9 Å². The fourth-order valence-electron chi connectivity index (χ4n) is 3.46. The van der Waals surface area contributed by atoms with Gasteiger partial charge in [0, 0.05) is 0 Å². The minimum absolute atomic E-state index is 0.224. The molecule has 0 amide bonds. The Morgan fingerprint density at radius 1 is 1.09 bits per heavy atom. The Hall–Kier alpha value is -1.06. The summed E-state index contributed by atoms with van der Waals surface area (Å²) in [5.41, 5.74) is 0.294. The van der Waals surface area contributed by atoms with Crippen molar-refractivity contribution in [1.82, 2.24) is 0 Å². The third kappa shape index (κ3) is 6.37. The monoisotopic (exact) mass is 312 g/mol. The lowest BCUT2D eigenvalue weighted by Gasteiger charge is -2.28. The zero-order chi connectivity index (χ0) is 16.8. The van der Waals surface area contributed by atoms with E-state index in [0.717, 1.165) is 38.5 Å². The smallest absolute Gasteiger partial charge is 0.309 e. The van der Waals surface area contributed by atoms with Gasteiger partial charge in [0.1, 0.15) is 0 Å². The molecule has 0 heterocycles. The maximum atomic E-state index is 12.3. The lowest BCUT2D eigenvalue weighted by Crippen LogP contribution is -2.34. The number of ether oxygens (including phenoxy) is 2.